The maximum Gasteiger partial charge on any atom is 0.277 e. The van der Waals surface area contributed by atoms with Crippen molar-refractivity contribution in [2.24, 2.45) is 5.10 Å². The number of carbonyl (C=O) groups is 1. The highest BCUT2D eigenvalue weighted by atomic mass is 16.6. The summed E-state index contributed by atoms with van der Waals surface area (Å²) in [4.78, 5) is 22.1. The Kier molecular flexibility index (Phi) is 5.90. The van der Waals surface area contributed by atoms with Crippen LogP contribution in [-0.4, -0.2) is 28.8 Å². The molecule has 2 rings (SSSR count). The van der Waals surface area contributed by atoms with Crippen LogP contribution in [0.1, 0.15) is 22.3 Å². The number of nitrogens with zero attached hydrogens (tertiary/aromatic N) is 2. The first-order valence-electron chi connectivity index (χ1n) is 7.77. The van der Waals surface area contributed by atoms with Crippen LogP contribution in [0.5, 0.6) is 11.5 Å². The summed E-state index contributed by atoms with van der Waals surface area (Å²) in [6.07, 6.45) is 1.14. The van der Waals surface area contributed by atoms with Crippen molar-refractivity contribution >= 4 is 17.8 Å². The molecule has 8 nitrogen and oxygen atoms in total. The number of nitro benzene ring substituents is 1. The number of hydrogen-bond donors (Lipinski definition) is 2. The lowest BCUT2D eigenvalue weighted by Crippen LogP contribution is -2.24. The predicted octanol–water partition coefficient (Wildman–Crippen LogP) is 2.75. The summed E-state index contributed by atoms with van der Waals surface area (Å²) in [6, 6.07) is 8.04. The lowest BCUT2D eigenvalue weighted by Gasteiger charge is -2.07. The molecule has 0 radical (unpaired) electrons. The highest BCUT2D eigenvalue weighted by molar-refractivity contribution is 5.87. The van der Waals surface area contributed by atoms with E-state index >= 15 is 0 Å². The number of phenols is 1. The summed E-state index contributed by atoms with van der Waals surface area (Å²) < 4.78 is 5.40. The largest absolute Gasteiger partial charge is 0.507 e. The molecule has 26 heavy (non-hydrogen) atoms. The molecule has 136 valence electrons. The summed E-state index contributed by atoms with van der Waals surface area (Å²) in [5, 5.41) is 24.5. The van der Waals surface area contributed by atoms with Crippen LogP contribution in [0.25, 0.3) is 0 Å². The number of phenolic OH excluding ortho intramolecular Hbond substituents is 1. The number of non-ortho nitro benzene ring substituents is 1. The van der Waals surface area contributed by atoms with Crippen molar-refractivity contribution in [3.05, 3.63) is 62.7 Å². The molecule has 0 aliphatic heterocycles. The van der Waals surface area contributed by atoms with Crippen molar-refractivity contribution in [3.8, 4) is 11.5 Å². The summed E-state index contributed by atoms with van der Waals surface area (Å²) in [5.41, 5.74) is 4.59. The van der Waals surface area contributed by atoms with Crippen LogP contribution in [0, 0.1) is 30.9 Å². The first-order chi connectivity index (χ1) is 12.3. The van der Waals surface area contributed by atoms with Crippen molar-refractivity contribution in [1.29, 1.82) is 0 Å². The Morgan fingerprint density at radius 2 is 1.88 bits per heavy atom. The maximum atomic E-state index is 11.8. The van der Waals surface area contributed by atoms with Gasteiger partial charge in [-0.15, -0.1) is 0 Å². The van der Waals surface area contributed by atoms with E-state index in [-0.39, 0.29) is 23.6 Å². The molecule has 0 fully saturated rings. The molecule has 0 bridgehead atoms. The van der Waals surface area contributed by atoms with Crippen LogP contribution in [0.15, 0.2) is 35.4 Å². The second kappa shape index (κ2) is 8.11. The van der Waals surface area contributed by atoms with Crippen LogP contribution in [0.2, 0.25) is 0 Å². The van der Waals surface area contributed by atoms with Gasteiger partial charge in [-0.3, -0.25) is 14.9 Å². The molecule has 0 aliphatic carbocycles. The molecule has 0 saturated heterocycles. The summed E-state index contributed by atoms with van der Waals surface area (Å²) in [7, 11) is 0. The maximum absolute atomic E-state index is 11.8. The van der Waals surface area contributed by atoms with E-state index in [1.165, 1.54) is 19.1 Å². The zero-order valence-corrected chi connectivity index (χ0v) is 14.6. The van der Waals surface area contributed by atoms with E-state index in [9.17, 15) is 20.0 Å². The summed E-state index contributed by atoms with van der Waals surface area (Å²) >= 11 is 0. The number of hydrogen-bond acceptors (Lipinski definition) is 6. The van der Waals surface area contributed by atoms with E-state index < -0.39 is 10.8 Å². The van der Waals surface area contributed by atoms with E-state index in [0.717, 1.165) is 17.3 Å². The third kappa shape index (κ3) is 5.04. The number of amides is 1. The normalized spacial score (nSPS) is 10.7. The monoisotopic (exact) mass is 357 g/mol. The average molecular weight is 357 g/mol. The Bertz CT molecular complexity index is 857. The highest BCUT2D eigenvalue weighted by Crippen LogP contribution is 2.26. The van der Waals surface area contributed by atoms with Gasteiger partial charge in [0.25, 0.3) is 11.6 Å². The third-order valence-electron chi connectivity index (χ3n) is 3.48. The van der Waals surface area contributed by atoms with Gasteiger partial charge in [0.15, 0.2) is 6.61 Å². The minimum atomic E-state index is -0.569. The topological polar surface area (TPSA) is 114 Å². The number of hydrazone groups is 1. The summed E-state index contributed by atoms with van der Waals surface area (Å²) in [6.45, 7) is 5.16. The first kappa shape index (κ1) is 18.9. The lowest BCUT2D eigenvalue weighted by molar-refractivity contribution is -0.384. The Balaban J connectivity index is 1.97. The van der Waals surface area contributed by atoms with Crippen molar-refractivity contribution in [1.82, 2.24) is 5.43 Å². The molecule has 0 atom stereocenters. The van der Waals surface area contributed by atoms with Gasteiger partial charge in [-0.2, -0.15) is 5.10 Å². The second-order valence-electron chi connectivity index (χ2n) is 5.86. The number of aromatic hydroxyl groups is 1. The minimum absolute atomic E-state index is 0.132. The van der Waals surface area contributed by atoms with E-state index in [4.69, 9.17) is 4.74 Å². The fraction of sp³-hybridized carbons (Fsp3) is 0.222. The van der Waals surface area contributed by atoms with Gasteiger partial charge in [-0.1, -0.05) is 6.07 Å². The average Bonchev–Trinajstić information content (AvgIpc) is 2.55. The van der Waals surface area contributed by atoms with Crippen molar-refractivity contribution in [2.45, 2.75) is 20.8 Å². The molecule has 0 aliphatic rings. The predicted molar refractivity (Wildman–Crippen MR) is 96.6 cm³/mol. The van der Waals surface area contributed by atoms with Gasteiger partial charge >= 0.3 is 0 Å². The number of carbonyl (C=O) groups excluding carboxylic acids is 1. The van der Waals surface area contributed by atoms with E-state index in [0.29, 0.717) is 11.3 Å². The Morgan fingerprint density at radius 1 is 1.23 bits per heavy atom. The Hall–Kier alpha value is -3.42. The molecule has 0 saturated carbocycles. The van der Waals surface area contributed by atoms with E-state index in [1.807, 2.05) is 32.0 Å². The van der Waals surface area contributed by atoms with E-state index in [2.05, 4.69) is 10.5 Å². The Labute approximate surface area is 150 Å². The number of nitrogens with one attached hydrogen (secondary N) is 1. The Morgan fingerprint density at radius 3 is 2.50 bits per heavy atom. The standard InChI is InChI=1S/C18H19N3O5/c1-11-4-12(2)6-16(5-11)26-10-17(22)20-19-9-14-8-15(21(24)25)7-13(3)18(14)23/h4-9,23H,10H2,1-3H3,(H,20,22)/b19-9+. The van der Waals surface area contributed by atoms with Crippen molar-refractivity contribution in [2.75, 3.05) is 6.61 Å². The molecule has 2 aromatic rings. The number of aryl methyl sites for hydroxylation is 3. The molecule has 0 unspecified atom stereocenters. The van der Waals surface area contributed by atoms with Gasteiger partial charge in [0, 0.05) is 17.7 Å². The first-order valence-corrected chi connectivity index (χ1v) is 7.77. The summed E-state index contributed by atoms with van der Waals surface area (Å²) in [5.74, 6) is -0.0595. The molecule has 0 heterocycles. The number of ether oxygens (including phenoxy) is 1. The molecule has 8 heteroatoms. The fourth-order valence-electron chi connectivity index (χ4n) is 2.36. The number of rotatable bonds is 6. The zero-order valence-electron chi connectivity index (χ0n) is 14.6. The third-order valence-corrected chi connectivity index (χ3v) is 3.48. The molecular weight excluding hydrogens is 338 g/mol. The van der Waals surface area contributed by atoms with Gasteiger partial charge in [0.2, 0.25) is 0 Å². The van der Waals surface area contributed by atoms with Gasteiger partial charge < -0.3 is 9.84 Å². The van der Waals surface area contributed by atoms with Crippen LogP contribution < -0.4 is 10.2 Å². The molecule has 0 spiro atoms. The molecule has 2 aromatic carbocycles. The van der Waals surface area contributed by atoms with Crippen molar-refractivity contribution in [3.63, 3.8) is 0 Å². The quantitative estimate of drug-likeness (QED) is 0.469. The molecular formula is C18H19N3O5. The number of benzene rings is 2. The lowest BCUT2D eigenvalue weighted by atomic mass is 10.1. The van der Waals surface area contributed by atoms with Crippen LogP contribution in [0.4, 0.5) is 5.69 Å². The van der Waals surface area contributed by atoms with Gasteiger partial charge in [0.05, 0.1) is 11.1 Å². The SMILES string of the molecule is Cc1cc(C)cc(OCC(=O)N/N=C/c2cc([N+](=O)[O-])cc(C)c2O)c1. The smallest absolute Gasteiger partial charge is 0.277 e. The second-order valence-corrected chi connectivity index (χ2v) is 5.86. The minimum Gasteiger partial charge on any atom is -0.507 e. The molecule has 2 N–H and O–H groups in total. The van der Waals surface area contributed by atoms with Gasteiger partial charge in [-0.05, 0) is 49.6 Å². The van der Waals surface area contributed by atoms with E-state index in [1.54, 1.807) is 0 Å². The van der Waals surface area contributed by atoms with Crippen molar-refractivity contribution < 1.29 is 19.6 Å². The van der Waals surface area contributed by atoms with Crippen LogP contribution in [0.3, 0.4) is 0 Å². The molecule has 1 amide bonds. The molecule has 0 aromatic heterocycles. The van der Waals surface area contributed by atoms with Crippen LogP contribution >= 0.6 is 0 Å². The number of nitro groups is 1. The highest BCUT2D eigenvalue weighted by Gasteiger charge is 2.12. The van der Waals surface area contributed by atoms with Gasteiger partial charge in [-0.25, -0.2) is 5.43 Å². The zero-order chi connectivity index (χ0) is 19.3. The van der Waals surface area contributed by atoms with Gasteiger partial charge in [0.1, 0.15) is 11.5 Å². The fourth-order valence-corrected chi connectivity index (χ4v) is 2.36. The van der Waals surface area contributed by atoms with Crippen LogP contribution in [-0.2, 0) is 4.79 Å².